The molecule has 6 nitrogen and oxygen atoms in total. The summed E-state index contributed by atoms with van der Waals surface area (Å²) in [5, 5.41) is 10.3. The molecule has 2 heterocycles. The highest BCUT2D eigenvalue weighted by atomic mass is 35.5. The Bertz CT molecular complexity index is 836. The van der Waals surface area contributed by atoms with Crippen LogP contribution in [0.15, 0.2) is 12.1 Å². The molecule has 0 bridgehead atoms. The van der Waals surface area contributed by atoms with Crippen LogP contribution in [0.2, 0.25) is 5.02 Å². The van der Waals surface area contributed by atoms with E-state index >= 15 is 0 Å². The molecule has 1 fully saturated rings. The van der Waals surface area contributed by atoms with Gasteiger partial charge in [-0.3, -0.25) is 14.2 Å². The summed E-state index contributed by atoms with van der Waals surface area (Å²) in [6.45, 7) is 2.90. The number of carbonyl (C=O) groups excluding carboxylic acids is 1. The average Bonchev–Trinajstić information content (AvgIpc) is 2.85. The summed E-state index contributed by atoms with van der Waals surface area (Å²) in [4.78, 5) is 24.4. The average molecular weight is 366 g/mol. The lowest BCUT2D eigenvalue weighted by Crippen LogP contribution is -2.28. The Kier molecular flexibility index (Phi) is 5.01. The van der Waals surface area contributed by atoms with Gasteiger partial charge < -0.3 is 14.6 Å². The van der Waals surface area contributed by atoms with Gasteiger partial charge in [0.25, 0.3) is 0 Å². The van der Waals surface area contributed by atoms with Crippen LogP contribution in [0, 0.1) is 12.8 Å². The SMILES string of the molecule is COc1cc2c(CC(=O)O)c(C)n(C(=O)C3CCOCC3)c2cc1Cl. The van der Waals surface area contributed by atoms with Crippen molar-refractivity contribution in [3.8, 4) is 5.75 Å². The van der Waals surface area contributed by atoms with Gasteiger partial charge >= 0.3 is 5.97 Å². The van der Waals surface area contributed by atoms with Crippen molar-refractivity contribution in [1.82, 2.24) is 4.57 Å². The third kappa shape index (κ3) is 3.24. The maximum Gasteiger partial charge on any atom is 0.307 e. The first-order valence-corrected chi connectivity index (χ1v) is 8.53. The number of benzene rings is 1. The van der Waals surface area contributed by atoms with Gasteiger partial charge in [-0.25, -0.2) is 0 Å². The van der Waals surface area contributed by atoms with E-state index in [4.69, 9.17) is 21.1 Å². The number of hydrogen-bond acceptors (Lipinski definition) is 4. The minimum absolute atomic E-state index is 0.0383. The summed E-state index contributed by atoms with van der Waals surface area (Å²) < 4.78 is 12.2. The number of ether oxygens (including phenoxy) is 2. The van der Waals surface area contributed by atoms with Gasteiger partial charge in [-0.1, -0.05) is 11.6 Å². The zero-order chi connectivity index (χ0) is 18.1. The molecule has 134 valence electrons. The van der Waals surface area contributed by atoms with Crippen LogP contribution in [0.5, 0.6) is 5.75 Å². The summed E-state index contributed by atoms with van der Waals surface area (Å²) >= 11 is 6.25. The van der Waals surface area contributed by atoms with Gasteiger partial charge in [-0.15, -0.1) is 0 Å². The number of carboxylic acid groups (broad SMARTS) is 1. The van der Waals surface area contributed by atoms with E-state index < -0.39 is 5.97 Å². The molecular formula is C18H20ClNO5. The van der Waals surface area contributed by atoms with Crippen LogP contribution in [0.1, 0.15) is 28.9 Å². The highest BCUT2D eigenvalue weighted by molar-refractivity contribution is 6.33. The highest BCUT2D eigenvalue weighted by Gasteiger charge is 2.28. The van der Waals surface area contributed by atoms with Crippen molar-refractivity contribution in [1.29, 1.82) is 0 Å². The smallest absolute Gasteiger partial charge is 0.307 e. The molecule has 7 heteroatoms. The standard InChI is InChI=1S/C18H20ClNO5/c1-10-12(8-17(21)22)13-7-16(24-2)14(19)9-15(13)20(10)18(23)11-3-5-25-6-4-11/h7,9,11H,3-6,8H2,1-2H3,(H,21,22). The highest BCUT2D eigenvalue weighted by Crippen LogP contribution is 2.36. The van der Waals surface area contributed by atoms with Crippen molar-refractivity contribution >= 4 is 34.4 Å². The molecule has 0 aliphatic carbocycles. The number of fused-ring (bicyclic) bond motifs is 1. The zero-order valence-corrected chi connectivity index (χ0v) is 14.9. The Labute approximate surface area is 150 Å². The molecule has 25 heavy (non-hydrogen) atoms. The second-order valence-electron chi connectivity index (χ2n) is 6.20. The van der Waals surface area contributed by atoms with E-state index in [9.17, 15) is 14.7 Å². The number of methoxy groups -OCH3 is 1. The van der Waals surface area contributed by atoms with Crippen molar-refractivity contribution in [2.45, 2.75) is 26.2 Å². The predicted molar refractivity (Wildman–Crippen MR) is 93.7 cm³/mol. The molecule has 0 amide bonds. The van der Waals surface area contributed by atoms with Gasteiger partial charge in [-0.2, -0.15) is 0 Å². The zero-order valence-electron chi connectivity index (χ0n) is 14.2. The first-order valence-electron chi connectivity index (χ1n) is 8.15. The second-order valence-corrected chi connectivity index (χ2v) is 6.61. The lowest BCUT2D eigenvalue weighted by atomic mass is 9.99. The summed E-state index contributed by atoms with van der Waals surface area (Å²) in [5.41, 5.74) is 1.87. The third-order valence-corrected chi connectivity index (χ3v) is 5.02. The van der Waals surface area contributed by atoms with E-state index in [0.717, 1.165) is 0 Å². The molecule has 1 aromatic carbocycles. The normalized spacial score (nSPS) is 15.5. The number of halogens is 1. The van der Waals surface area contributed by atoms with E-state index in [0.29, 0.717) is 59.0 Å². The molecule has 2 aromatic rings. The molecule has 0 atom stereocenters. The van der Waals surface area contributed by atoms with E-state index in [2.05, 4.69) is 0 Å². The van der Waals surface area contributed by atoms with Gasteiger partial charge in [0, 0.05) is 30.2 Å². The number of rotatable bonds is 4. The fraction of sp³-hybridized carbons (Fsp3) is 0.444. The van der Waals surface area contributed by atoms with Gasteiger partial charge in [0.15, 0.2) is 0 Å². The van der Waals surface area contributed by atoms with Crippen molar-refractivity contribution in [2.75, 3.05) is 20.3 Å². The number of aliphatic carboxylic acids is 1. The van der Waals surface area contributed by atoms with Crippen molar-refractivity contribution in [3.05, 3.63) is 28.4 Å². The van der Waals surface area contributed by atoms with Crippen molar-refractivity contribution < 1.29 is 24.2 Å². The van der Waals surface area contributed by atoms with Gasteiger partial charge in [-0.05, 0) is 37.5 Å². The number of nitrogens with zero attached hydrogens (tertiary/aromatic N) is 1. The molecule has 0 unspecified atom stereocenters. The molecule has 0 radical (unpaired) electrons. The van der Waals surface area contributed by atoms with Crippen LogP contribution in [0.4, 0.5) is 0 Å². The van der Waals surface area contributed by atoms with E-state index in [1.165, 1.54) is 7.11 Å². The first-order chi connectivity index (χ1) is 11.9. The Hall–Kier alpha value is -2.05. The van der Waals surface area contributed by atoms with Crippen LogP contribution in [0.3, 0.4) is 0 Å². The maximum absolute atomic E-state index is 13.1. The Balaban J connectivity index is 2.19. The molecule has 1 aliphatic rings. The Morgan fingerprint density at radius 3 is 2.64 bits per heavy atom. The number of carbonyl (C=O) groups is 2. The Morgan fingerprint density at radius 2 is 2.04 bits per heavy atom. The molecule has 1 N–H and O–H groups in total. The van der Waals surface area contributed by atoms with Gasteiger partial charge in [0.05, 0.1) is 24.1 Å². The minimum Gasteiger partial charge on any atom is -0.495 e. The quantitative estimate of drug-likeness (QED) is 0.899. The van der Waals surface area contributed by atoms with Crippen molar-refractivity contribution in [3.63, 3.8) is 0 Å². The maximum atomic E-state index is 13.1. The Morgan fingerprint density at radius 1 is 1.36 bits per heavy atom. The lowest BCUT2D eigenvalue weighted by Gasteiger charge is -2.22. The first kappa shape index (κ1) is 17.8. The third-order valence-electron chi connectivity index (χ3n) is 4.73. The summed E-state index contributed by atoms with van der Waals surface area (Å²) in [6, 6.07) is 3.38. The number of carboxylic acids is 1. The summed E-state index contributed by atoms with van der Waals surface area (Å²) in [5.74, 6) is -0.670. The fourth-order valence-electron chi connectivity index (χ4n) is 3.42. The molecule has 3 rings (SSSR count). The molecular weight excluding hydrogens is 346 g/mol. The molecule has 0 spiro atoms. The lowest BCUT2D eigenvalue weighted by molar-refractivity contribution is -0.136. The largest absolute Gasteiger partial charge is 0.495 e. The van der Waals surface area contributed by atoms with Gasteiger partial charge in [0.2, 0.25) is 5.91 Å². The number of aromatic nitrogens is 1. The molecule has 0 saturated carbocycles. The van der Waals surface area contributed by atoms with E-state index in [1.807, 2.05) is 0 Å². The fourth-order valence-corrected chi connectivity index (χ4v) is 3.66. The van der Waals surface area contributed by atoms with Crippen LogP contribution in [0.25, 0.3) is 10.9 Å². The predicted octanol–water partition coefficient (Wildman–Crippen LogP) is 3.31. The minimum atomic E-state index is -0.949. The van der Waals surface area contributed by atoms with E-state index in [-0.39, 0.29) is 18.2 Å². The van der Waals surface area contributed by atoms with Crippen LogP contribution in [-0.4, -0.2) is 41.9 Å². The van der Waals surface area contributed by atoms with Gasteiger partial charge in [0.1, 0.15) is 5.75 Å². The molecule has 1 aromatic heterocycles. The summed E-state index contributed by atoms with van der Waals surface area (Å²) in [7, 11) is 1.50. The van der Waals surface area contributed by atoms with Crippen LogP contribution in [-0.2, 0) is 16.0 Å². The molecule has 1 saturated heterocycles. The topological polar surface area (TPSA) is 77.8 Å². The van der Waals surface area contributed by atoms with E-state index in [1.54, 1.807) is 23.6 Å². The molecule has 1 aliphatic heterocycles. The van der Waals surface area contributed by atoms with Crippen molar-refractivity contribution in [2.24, 2.45) is 5.92 Å². The number of hydrogen-bond donors (Lipinski definition) is 1. The summed E-state index contributed by atoms with van der Waals surface area (Å²) in [6.07, 6.45) is 1.16. The monoisotopic (exact) mass is 365 g/mol. The van der Waals surface area contributed by atoms with Crippen LogP contribution >= 0.6 is 11.6 Å². The second kappa shape index (κ2) is 7.06. The van der Waals surface area contributed by atoms with Crippen LogP contribution < -0.4 is 4.74 Å².